The molecular formula is C15H16ClN3O. The lowest BCUT2D eigenvalue weighted by molar-refractivity contribution is 0.0940. The van der Waals surface area contributed by atoms with Gasteiger partial charge in [0.2, 0.25) is 0 Å². The Morgan fingerprint density at radius 3 is 2.80 bits per heavy atom. The van der Waals surface area contributed by atoms with E-state index in [0.29, 0.717) is 10.6 Å². The van der Waals surface area contributed by atoms with Gasteiger partial charge < -0.3 is 10.6 Å². The van der Waals surface area contributed by atoms with Crippen LogP contribution in [0, 0.1) is 0 Å². The zero-order chi connectivity index (χ0) is 14.5. The van der Waals surface area contributed by atoms with E-state index in [1.54, 1.807) is 37.6 Å². The van der Waals surface area contributed by atoms with Gasteiger partial charge in [-0.1, -0.05) is 17.7 Å². The molecule has 0 fully saturated rings. The maximum Gasteiger partial charge on any atom is 0.253 e. The molecule has 0 aliphatic rings. The lowest BCUT2D eigenvalue weighted by Gasteiger charge is -2.16. The van der Waals surface area contributed by atoms with E-state index in [2.05, 4.69) is 15.6 Å². The quantitative estimate of drug-likeness (QED) is 0.908. The molecule has 0 saturated carbocycles. The summed E-state index contributed by atoms with van der Waals surface area (Å²) >= 11 is 5.95. The van der Waals surface area contributed by atoms with Gasteiger partial charge >= 0.3 is 0 Å². The number of amides is 1. The van der Waals surface area contributed by atoms with E-state index < -0.39 is 0 Å². The molecule has 1 atom stereocenters. The number of nitrogens with one attached hydrogen (secondary N) is 2. The van der Waals surface area contributed by atoms with Crippen molar-refractivity contribution in [2.45, 2.75) is 13.0 Å². The molecule has 20 heavy (non-hydrogen) atoms. The highest BCUT2D eigenvalue weighted by Crippen LogP contribution is 2.21. The Labute approximate surface area is 123 Å². The van der Waals surface area contributed by atoms with Gasteiger partial charge in [-0.05, 0) is 36.8 Å². The first-order chi connectivity index (χ1) is 9.61. The molecule has 0 bridgehead atoms. The van der Waals surface area contributed by atoms with Crippen molar-refractivity contribution in [2.75, 3.05) is 12.4 Å². The Morgan fingerprint density at radius 2 is 2.15 bits per heavy atom. The van der Waals surface area contributed by atoms with Gasteiger partial charge in [0.25, 0.3) is 5.91 Å². The average Bonchev–Trinajstić information content (AvgIpc) is 2.48. The first kappa shape index (κ1) is 14.3. The van der Waals surface area contributed by atoms with Crippen molar-refractivity contribution in [2.24, 2.45) is 0 Å². The number of aromatic nitrogens is 1. The number of carbonyl (C=O) groups excluding carboxylic acids is 1. The standard InChI is InChI=1S/C15H16ClN3O/c1-10(11-4-3-7-18-9-11)19-15(20)13-8-12(16)5-6-14(13)17-2/h3-10,17H,1-2H3,(H,19,20). The third-order valence-corrected chi connectivity index (χ3v) is 3.26. The fraction of sp³-hybridized carbons (Fsp3) is 0.200. The SMILES string of the molecule is CNc1ccc(Cl)cc1C(=O)NC(C)c1cccnc1. The van der Waals surface area contributed by atoms with Crippen LogP contribution in [0.1, 0.15) is 28.9 Å². The second kappa shape index (κ2) is 6.39. The third-order valence-electron chi connectivity index (χ3n) is 3.03. The first-order valence-electron chi connectivity index (χ1n) is 6.30. The summed E-state index contributed by atoms with van der Waals surface area (Å²) in [6.07, 6.45) is 3.44. The summed E-state index contributed by atoms with van der Waals surface area (Å²) < 4.78 is 0. The van der Waals surface area contributed by atoms with E-state index >= 15 is 0 Å². The fourth-order valence-electron chi connectivity index (χ4n) is 1.91. The largest absolute Gasteiger partial charge is 0.387 e. The molecule has 0 saturated heterocycles. The molecule has 0 radical (unpaired) electrons. The van der Waals surface area contributed by atoms with Gasteiger partial charge in [-0.15, -0.1) is 0 Å². The molecule has 0 spiro atoms. The van der Waals surface area contributed by atoms with Gasteiger partial charge in [0.1, 0.15) is 0 Å². The molecular weight excluding hydrogens is 274 g/mol. The van der Waals surface area contributed by atoms with Gasteiger partial charge in [-0.25, -0.2) is 0 Å². The first-order valence-corrected chi connectivity index (χ1v) is 6.67. The number of rotatable bonds is 4. The Kier molecular flexibility index (Phi) is 4.58. The van der Waals surface area contributed by atoms with Crippen molar-refractivity contribution in [3.05, 3.63) is 58.9 Å². The molecule has 1 aromatic heterocycles. The highest BCUT2D eigenvalue weighted by Gasteiger charge is 2.15. The Hall–Kier alpha value is -2.07. The summed E-state index contributed by atoms with van der Waals surface area (Å²) in [5.41, 5.74) is 2.22. The summed E-state index contributed by atoms with van der Waals surface area (Å²) in [6, 6.07) is 8.82. The smallest absolute Gasteiger partial charge is 0.253 e. The van der Waals surface area contributed by atoms with Crippen LogP contribution in [0.2, 0.25) is 5.02 Å². The van der Waals surface area contributed by atoms with Crippen molar-refractivity contribution in [3.8, 4) is 0 Å². The molecule has 2 aromatic rings. The maximum atomic E-state index is 12.3. The molecule has 0 aliphatic heterocycles. The summed E-state index contributed by atoms with van der Waals surface area (Å²) in [4.78, 5) is 16.4. The second-order valence-corrected chi connectivity index (χ2v) is 4.86. The minimum atomic E-state index is -0.173. The third kappa shape index (κ3) is 3.27. The van der Waals surface area contributed by atoms with Crippen molar-refractivity contribution < 1.29 is 4.79 Å². The van der Waals surface area contributed by atoms with Gasteiger partial charge in [-0.3, -0.25) is 9.78 Å². The predicted octanol–water partition coefficient (Wildman–Crippen LogP) is 3.27. The monoisotopic (exact) mass is 289 g/mol. The number of benzene rings is 1. The van der Waals surface area contributed by atoms with Crippen LogP contribution >= 0.6 is 11.6 Å². The zero-order valence-corrected chi connectivity index (χ0v) is 12.1. The molecule has 1 heterocycles. The zero-order valence-electron chi connectivity index (χ0n) is 11.4. The lowest BCUT2D eigenvalue weighted by Crippen LogP contribution is -2.27. The molecule has 5 heteroatoms. The van der Waals surface area contributed by atoms with Crippen LogP contribution in [0.15, 0.2) is 42.7 Å². The molecule has 2 N–H and O–H groups in total. The lowest BCUT2D eigenvalue weighted by atomic mass is 10.1. The molecule has 104 valence electrons. The molecule has 1 amide bonds. The van der Waals surface area contributed by atoms with E-state index in [0.717, 1.165) is 11.3 Å². The normalized spacial score (nSPS) is 11.8. The van der Waals surface area contributed by atoms with E-state index in [-0.39, 0.29) is 11.9 Å². The van der Waals surface area contributed by atoms with Gasteiger partial charge in [0.05, 0.1) is 11.6 Å². The highest BCUT2D eigenvalue weighted by molar-refractivity contribution is 6.31. The summed E-state index contributed by atoms with van der Waals surface area (Å²) in [5, 5.41) is 6.45. The number of anilines is 1. The summed E-state index contributed by atoms with van der Waals surface area (Å²) in [6.45, 7) is 1.92. The topological polar surface area (TPSA) is 54.0 Å². The fourth-order valence-corrected chi connectivity index (χ4v) is 2.08. The van der Waals surface area contributed by atoms with Crippen LogP contribution in [0.4, 0.5) is 5.69 Å². The van der Waals surface area contributed by atoms with Crippen molar-refractivity contribution in [1.82, 2.24) is 10.3 Å². The summed E-state index contributed by atoms with van der Waals surface area (Å²) in [5.74, 6) is -0.173. The number of carbonyl (C=O) groups is 1. The molecule has 2 rings (SSSR count). The van der Waals surface area contributed by atoms with Crippen molar-refractivity contribution >= 4 is 23.2 Å². The molecule has 4 nitrogen and oxygen atoms in total. The molecule has 1 unspecified atom stereocenters. The van der Waals surface area contributed by atoms with Crippen LogP contribution in [0.5, 0.6) is 0 Å². The van der Waals surface area contributed by atoms with Crippen LogP contribution in [-0.4, -0.2) is 17.9 Å². The minimum Gasteiger partial charge on any atom is -0.387 e. The number of hydrogen-bond acceptors (Lipinski definition) is 3. The highest BCUT2D eigenvalue weighted by atomic mass is 35.5. The van der Waals surface area contributed by atoms with E-state index in [4.69, 9.17) is 11.6 Å². The van der Waals surface area contributed by atoms with E-state index in [1.165, 1.54) is 0 Å². The van der Waals surface area contributed by atoms with Gasteiger partial charge in [0, 0.05) is 30.2 Å². The Bertz CT molecular complexity index is 601. The number of hydrogen-bond donors (Lipinski definition) is 2. The number of halogens is 1. The maximum absolute atomic E-state index is 12.3. The van der Waals surface area contributed by atoms with Crippen LogP contribution in [0.3, 0.4) is 0 Å². The van der Waals surface area contributed by atoms with Crippen LogP contribution < -0.4 is 10.6 Å². The van der Waals surface area contributed by atoms with E-state index in [9.17, 15) is 4.79 Å². The Balaban J connectivity index is 2.18. The molecule has 0 aliphatic carbocycles. The van der Waals surface area contributed by atoms with Crippen molar-refractivity contribution in [3.63, 3.8) is 0 Å². The Morgan fingerprint density at radius 1 is 1.35 bits per heavy atom. The average molecular weight is 290 g/mol. The number of nitrogens with zero attached hydrogens (tertiary/aromatic N) is 1. The molecule has 1 aromatic carbocycles. The minimum absolute atomic E-state index is 0.125. The summed E-state index contributed by atoms with van der Waals surface area (Å²) in [7, 11) is 1.77. The number of pyridine rings is 1. The van der Waals surface area contributed by atoms with Gasteiger partial charge in [-0.2, -0.15) is 0 Å². The van der Waals surface area contributed by atoms with Crippen LogP contribution in [0.25, 0.3) is 0 Å². The van der Waals surface area contributed by atoms with Crippen LogP contribution in [-0.2, 0) is 0 Å². The van der Waals surface area contributed by atoms with Gasteiger partial charge in [0.15, 0.2) is 0 Å². The second-order valence-electron chi connectivity index (χ2n) is 4.42. The predicted molar refractivity (Wildman–Crippen MR) is 81.1 cm³/mol. The van der Waals surface area contributed by atoms with E-state index in [1.807, 2.05) is 19.1 Å². The van der Waals surface area contributed by atoms with Crippen molar-refractivity contribution in [1.29, 1.82) is 0 Å².